The van der Waals surface area contributed by atoms with Crippen molar-refractivity contribution in [2.75, 3.05) is 20.3 Å². The number of methoxy groups -OCH3 is 1. The highest BCUT2D eigenvalue weighted by Gasteiger charge is 2.23. The van der Waals surface area contributed by atoms with Crippen LogP contribution in [-0.4, -0.2) is 37.5 Å². The van der Waals surface area contributed by atoms with E-state index >= 15 is 0 Å². The third kappa shape index (κ3) is 6.68. The number of carbonyl (C=O) groups is 1. The summed E-state index contributed by atoms with van der Waals surface area (Å²) in [6.45, 7) is 2.91. The highest BCUT2D eigenvalue weighted by Crippen LogP contribution is 2.36. The van der Waals surface area contributed by atoms with Gasteiger partial charge in [0, 0.05) is 13.5 Å². The van der Waals surface area contributed by atoms with E-state index in [9.17, 15) is 9.90 Å². The zero-order chi connectivity index (χ0) is 27.9. The second kappa shape index (κ2) is 12.8. The van der Waals surface area contributed by atoms with E-state index in [1.807, 2.05) is 30.3 Å². The van der Waals surface area contributed by atoms with Crippen molar-refractivity contribution >= 4 is 18.1 Å². The van der Waals surface area contributed by atoms with Crippen LogP contribution in [0.4, 0.5) is 0 Å². The van der Waals surface area contributed by atoms with Crippen LogP contribution in [0.1, 0.15) is 50.6 Å². The van der Waals surface area contributed by atoms with Crippen molar-refractivity contribution in [3.05, 3.63) is 136 Å². The number of hydrogen-bond donors (Lipinski definition) is 1. The van der Waals surface area contributed by atoms with Crippen molar-refractivity contribution in [2.24, 2.45) is 0 Å². The molecule has 0 spiro atoms. The fourth-order valence-electron chi connectivity index (χ4n) is 5.08. The Morgan fingerprint density at radius 3 is 2.30 bits per heavy atom. The topological polar surface area (TPSA) is 65.0 Å². The van der Waals surface area contributed by atoms with Crippen LogP contribution in [0.3, 0.4) is 0 Å². The van der Waals surface area contributed by atoms with E-state index in [2.05, 4.69) is 79.7 Å². The Morgan fingerprint density at radius 2 is 1.55 bits per heavy atom. The largest absolute Gasteiger partial charge is 0.491 e. The van der Waals surface area contributed by atoms with Crippen molar-refractivity contribution < 1.29 is 24.1 Å². The third-order valence-corrected chi connectivity index (χ3v) is 7.19. The maximum atomic E-state index is 11.2. The first-order valence-corrected chi connectivity index (χ1v) is 13.5. The molecule has 0 amide bonds. The zero-order valence-electron chi connectivity index (χ0n) is 22.9. The van der Waals surface area contributed by atoms with Crippen molar-refractivity contribution in [2.45, 2.75) is 32.0 Å². The molecule has 40 heavy (non-hydrogen) atoms. The Morgan fingerprint density at radius 1 is 0.800 bits per heavy atom. The molecular formula is C35H34O5. The predicted octanol–water partition coefficient (Wildman–Crippen LogP) is 6.90. The van der Waals surface area contributed by atoms with Gasteiger partial charge in [0.1, 0.15) is 18.5 Å². The van der Waals surface area contributed by atoms with Crippen LogP contribution in [0.15, 0.2) is 91.0 Å². The molecule has 5 nitrogen and oxygen atoms in total. The second-order valence-corrected chi connectivity index (χ2v) is 10.1. The SMILES string of the molecule is COC(Cc1ccc(OCCOC2c3ccc(C)cc3C=Cc3ccc(Cc4ccccc4)cc32)cc1)C(=O)O. The van der Waals surface area contributed by atoms with Crippen molar-refractivity contribution in [3.63, 3.8) is 0 Å². The normalized spacial score (nSPS) is 14.6. The smallest absolute Gasteiger partial charge is 0.333 e. The molecule has 5 rings (SSSR count). The molecule has 204 valence electrons. The lowest BCUT2D eigenvalue weighted by atomic mass is 9.92. The van der Waals surface area contributed by atoms with Gasteiger partial charge in [-0.1, -0.05) is 96.6 Å². The quantitative estimate of drug-likeness (QED) is 0.212. The van der Waals surface area contributed by atoms with E-state index in [1.54, 1.807) is 0 Å². The third-order valence-electron chi connectivity index (χ3n) is 7.19. The predicted molar refractivity (Wildman–Crippen MR) is 158 cm³/mol. The first-order chi connectivity index (χ1) is 19.5. The van der Waals surface area contributed by atoms with E-state index in [0.717, 1.165) is 34.2 Å². The maximum Gasteiger partial charge on any atom is 0.333 e. The molecule has 0 saturated heterocycles. The summed E-state index contributed by atoms with van der Waals surface area (Å²) in [7, 11) is 1.41. The van der Waals surface area contributed by atoms with Crippen molar-refractivity contribution in [1.82, 2.24) is 0 Å². The van der Waals surface area contributed by atoms with Crippen LogP contribution in [0, 0.1) is 6.92 Å². The van der Waals surface area contributed by atoms with Gasteiger partial charge in [0.25, 0.3) is 0 Å². The summed E-state index contributed by atoms with van der Waals surface area (Å²) in [5, 5.41) is 9.21. The molecule has 5 heteroatoms. The molecule has 0 saturated carbocycles. The molecule has 4 aromatic carbocycles. The molecule has 0 radical (unpaired) electrons. The first-order valence-electron chi connectivity index (χ1n) is 13.5. The molecule has 2 atom stereocenters. The highest BCUT2D eigenvalue weighted by molar-refractivity contribution is 5.76. The van der Waals surface area contributed by atoms with Gasteiger partial charge in [0.05, 0.1) is 6.61 Å². The first kappa shape index (κ1) is 27.4. The minimum atomic E-state index is -0.973. The van der Waals surface area contributed by atoms with Crippen molar-refractivity contribution in [3.8, 4) is 5.75 Å². The Kier molecular flexibility index (Phi) is 8.74. The summed E-state index contributed by atoms with van der Waals surface area (Å²) >= 11 is 0. The number of hydrogen-bond acceptors (Lipinski definition) is 4. The van der Waals surface area contributed by atoms with Crippen LogP contribution < -0.4 is 4.74 Å². The molecule has 0 heterocycles. The molecule has 0 aromatic heterocycles. The van der Waals surface area contributed by atoms with Gasteiger partial charge in [-0.15, -0.1) is 0 Å². The molecule has 2 unspecified atom stereocenters. The fraction of sp³-hybridized carbons (Fsp3) is 0.229. The monoisotopic (exact) mass is 534 g/mol. The van der Waals surface area contributed by atoms with Crippen LogP contribution in [0.25, 0.3) is 12.2 Å². The van der Waals surface area contributed by atoms with Crippen LogP contribution in [-0.2, 0) is 27.1 Å². The van der Waals surface area contributed by atoms with E-state index in [0.29, 0.717) is 25.4 Å². The maximum absolute atomic E-state index is 11.2. The number of carboxylic acid groups (broad SMARTS) is 1. The van der Waals surface area contributed by atoms with Gasteiger partial charge >= 0.3 is 5.97 Å². The summed E-state index contributed by atoms with van der Waals surface area (Å²) in [4.78, 5) is 11.2. The van der Waals surface area contributed by atoms with Crippen LogP contribution in [0.5, 0.6) is 5.75 Å². The summed E-state index contributed by atoms with van der Waals surface area (Å²) < 4.78 is 17.6. The standard InChI is InChI=1S/C35H34O5/c1-24-8-17-31-29(20-24)14-13-28-12-9-27(21-25-6-4-3-5-7-25)22-32(28)34(31)40-19-18-39-30-15-10-26(11-16-30)23-33(38-2)35(36)37/h3-17,20,22,33-34H,18-19,21,23H2,1-2H3,(H,36,37). The van der Waals surface area contributed by atoms with E-state index < -0.39 is 12.1 Å². The van der Waals surface area contributed by atoms with Gasteiger partial charge in [-0.3, -0.25) is 0 Å². The van der Waals surface area contributed by atoms with Gasteiger partial charge in [-0.2, -0.15) is 0 Å². The fourth-order valence-corrected chi connectivity index (χ4v) is 5.08. The highest BCUT2D eigenvalue weighted by atomic mass is 16.5. The second-order valence-electron chi connectivity index (χ2n) is 10.1. The molecule has 0 aliphatic heterocycles. The summed E-state index contributed by atoms with van der Waals surface area (Å²) in [6.07, 6.45) is 4.44. The number of benzene rings is 4. The minimum absolute atomic E-state index is 0.218. The van der Waals surface area contributed by atoms with Gasteiger partial charge in [-0.05, 0) is 64.4 Å². The lowest BCUT2D eigenvalue weighted by Gasteiger charge is -2.22. The summed E-state index contributed by atoms with van der Waals surface area (Å²) in [5.41, 5.74) is 9.23. The average molecular weight is 535 g/mol. The summed E-state index contributed by atoms with van der Waals surface area (Å²) in [6, 6.07) is 31.1. The van der Waals surface area contributed by atoms with Crippen LogP contribution >= 0.6 is 0 Å². The Labute approximate surface area is 235 Å². The Bertz CT molecular complexity index is 1470. The average Bonchev–Trinajstić information content (AvgIpc) is 3.11. The number of rotatable bonds is 11. The Hall–Kier alpha value is -4.19. The molecular weight excluding hydrogens is 500 g/mol. The Balaban J connectivity index is 1.29. The molecule has 1 aliphatic rings. The van der Waals surface area contributed by atoms with Gasteiger partial charge in [-0.25, -0.2) is 4.79 Å². The van der Waals surface area contributed by atoms with Gasteiger partial charge in [0.2, 0.25) is 0 Å². The number of ether oxygens (including phenoxy) is 3. The number of carboxylic acids is 1. The zero-order valence-corrected chi connectivity index (χ0v) is 22.9. The number of aryl methyl sites for hydroxylation is 1. The van der Waals surface area contributed by atoms with Crippen molar-refractivity contribution in [1.29, 1.82) is 0 Å². The van der Waals surface area contributed by atoms with E-state index in [4.69, 9.17) is 14.2 Å². The van der Waals surface area contributed by atoms with E-state index in [1.165, 1.54) is 23.8 Å². The lowest BCUT2D eigenvalue weighted by Crippen LogP contribution is -2.24. The van der Waals surface area contributed by atoms with Crippen LogP contribution in [0.2, 0.25) is 0 Å². The van der Waals surface area contributed by atoms with E-state index in [-0.39, 0.29) is 6.10 Å². The number of aliphatic carboxylic acids is 1. The molecule has 4 aromatic rings. The molecule has 0 fully saturated rings. The summed E-state index contributed by atoms with van der Waals surface area (Å²) in [5.74, 6) is -0.264. The molecule has 0 bridgehead atoms. The molecule has 1 N–H and O–H groups in total. The van der Waals surface area contributed by atoms with Gasteiger partial charge < -0.3 is 19.3 Å². The number of fused-ring (bicyclic) bond motifs is 2. The molecule has 1 aliphatic carbocycles. The minimum Gasteiger partial charge on any atom is -0.491 e. The lowest BCUT2D eigenvalue weighted by molar-refractivity contribution is -0.148. The van der Waals surface area contributed by atoms with Gasteiger partial charge in [0.15, 0.2) is 6.10 Å².